The second kappa shape index (κ2) is 6.56. The monoisotopic (exact) mass is 397 g/mol. The van der Waals surface area contributed by atoms with Gasteiger partial charge in [0.15, 0.2) is 0 Å². The second-order valence-corrected chi connectivity index (χ2v) is 13.5. The fraction of sp³-hybridized carbons (Fsp3) is 0.750. The van der Waals surface area contributed by atoms with Crippen molar-refractivity contribution in [3.05, 3.63) is 10.2 Å². The number of alkyl halides is 1. The van der Waals surface area contributed by atoms with Crippen LogP contribution in [0, 0.1) is 0 Å². The van der Waals surface area contributed by atoms with Crippen LogP contribution in [0.3, 0.4) is 0 Å². The van der Waals surface area contributed by atoms with Gasteiger partial charge in [-0.25, -0.2) is 0 Å². The first-order valence-electron chi connectivity index (χ1n) is 4.04. The van der Waals surface area contributed by atoms with Gasteiger partial charge in [0.2, 0.25) is 0 Å². The molecule has 1 aliphatic rings. The number of nitrogens with zero attached hydrogens (tertiary/aromatic N) is 1. The number of hydrogen-bond acceptors (Lipinski definition) is 2. The van der Waals surface area contributed by atoms with Crippen molar-refractivity contribution in [3.63, 3.8) is 0 Å². The molecule has 0 aromatic heterocycles. The predicted octanol–water partition coefficient (Wildman–Crippen LogP) is 2.13. The van der Waals surface area contributed by atoms with Crippen molar-refractivity contribution >= 4 is 34.5 Å². The molecule has 1 atom stereocenters. The quantitative estimate of drug-likeness (QED) is 0.401. The standard InChI is InChI=1S/C8H17I2NO/c1-11(2)6-3-7-12-8-4-5-9-10-8/h4-5,8-10H,3,6-7H2,1-2H3. The molecular formula is C8H17I2NO. The van der Waals surface area contributed by atoms with E-state index in [0.29, 0.717) is 21.3 Å². The van der Waals surface area contributed by atoms with Gasteiger partial charge in [-0.1, -0.05) is 0 Å². The van der Waals surface area contributed by atoms with E-state index in [2.05, 4.69) is 29.2 Å². The molecule has 0 N–H and O–H groups in total. The van der Waals surface area contributed by atoms with Crippen molar-refractivity contribution in [1.82, 2.24) is 4.90 Å². The molecule has 0 saturated carbocycles. The average molecular weight is 397 g/mol. The summed E-state index contributed by atoms with van der Waals surface area (Å²) < 4.78 is 8.72. The number of rotatable bonds is 5. The van der Waals surface area contributed by atoms with E-state index in [-0.39, 0.29) is 17.2 Å². The van der Waals surface area contributed by atoms with Crippen LogP contribution in [0.4, 0.5) is 0 Å². The van der Waals surface area contributed by atoms with E-state index in [1.807, 2.05) is 0 Å². The molecule has 0 spiro atoms. The van der Waals surface area contributed by atoms with Crippen molar-refractivity contribution in [1.29, 1.82) is 0 Å². The van der Waals surface area contributed by atoms with E-state index in [4.69, 9.17) is 4.74 Å². The summed E-state index contributed by atoms with van der Waals surface area (Å²) in [5, 5.41) is 0. The molecule has 1 heterocycles. The van der Waals surface area contributed by atoms with E-state index in [1.165, 1.54) is 6.42 Å². The molecule has 0 radical (unpaired) electrons. The first-order chi connectivity index (χ1) is 5.79. The van der Waals surface area contributed by atoms with Crippen molar-refractivity contribution in [2.75, 3.05) is 27.2 Å². The summed E-state index contributed by atoms with van der Waals surface area (Å²) in [6, 6.07) is 0. The molecule has 12 heavy (non-hydrogen) atoms. The number of ether oxygens (including phenoxy) is 1. The SMILES string of the molecule is CN(C)CCCOC1C=C[IH][IH]1. The molecule has 0 saturated heterocycles. The summed E-state index contributed by atoms with van der Waals surface area (Å²) in [5.41, 5.74) is 0. The zero-order valence-electron chi connectivity index (χ0n) is 7.53. The summed E-state index contributed by atoms with van der Waals surface area (Å²) in [6.45, 7) is 2.10. The topological polar surface area (TPSA) is 12.5 Å². The van der Waals surface area contributed by atoms with Gasteiger partial charge in [0.25, 0.3) is 0 Å². The Morgan fingerprint density at radius 2 is 2.33 bits per heavy atom. The molecule has 1 aliphatic heterocycles. The van der Waals surface area contributed by atoms with Crippen LogP contribution in [0.1, 0.15) is 6.42 Å². The van der Waals surface area contributed by atoms with Gasteiger partial charge in [0.1, 0.15) is 0 Å². The van der Waals surface area contributed by atoms with Crippen LogP contribution in [0.15, 0.2) is 10.2 Å². The molecule has 1 unspecified atom stereocenters. The molecule has 4 heteroatoms. The first-order valence-corrected chi connectivity index (χ1v) is 14.1. The normalized spacial score (nSPS) is 23.8. The summed E-state index contributed by atoms with van der Waals surface area (Å²) >= 11 is 0.592. The van der Waals surface area contributed by atoms with Gasteiger partial charge in [-0.3, -0.25) is 0 Å². The van der Waals surface area contributed by atoms with E-state index < -0.39 is 0 Å². The maximum atomic E-state index is 5.73. The van der Waals surface area contributed by atoms with Crippen molar-refractivity contribution in [2.24, 2.45) is 0 Å². The maximum absolute atomic E-state index is 5.73. The molecule has 0 amide bonds. The number of hydrogen-bond donors (Lipinski definition) is 0. The van der Waals surface area contributed by atoms with Crippen molar-refractivity contribution in [2.45, 2.75) is 10.5 Å². The van der Waals surface area contributed by atoms with Crippen LogP contribution in [-0.2, 0) is 4.74 Å². The van der Waals surface area contributed by atoms with Crippen LogP contribution >= 0.6 is 34.5 Å². The van der Waals surface area contributed by atoms with Crippen LogP contribution in [-0.4, -0.2) is 36.3 Å². The van der Waals surface area contributed by atoms with Crippen LogP contribution in [0.5, 0.6) is 0 Å². The van der Waals surface area contributed by atoms with Crippen molar-refractivity contribution in [3.8, 4) is 0 Å². The summed E-state index contributed by atoms with van der Waals surface area (Å²) in [6.07, 6.45) is 3.46. The van der Waals surface area contributed by atoms with Gasteiger partial charge in [0.05, 0.1) is 0 Å². The first kappa shape index (κ1) is 11.2. The molecule has 2 nitrogen and oxygen atoms in total. The molecule has 0 aromatic rings. The Labute approximate surface area is 91.3 Å². The summed E-state index contributed by atoms with van der Waals surface area (Å²) in [5.74, 6) is 0. The van der Waals surface area contributed by atoms with Gasteiger partial charge < -0.3 is 0 Å². The molecule has 74 valence electrons. The van der Waals surface area contributed by atoms with Crippen LogP contribution in [0.2, 0.25) is 0 Å². The van der Waals surface area contributed by atoms with E-state index in [0.717, 1.165) is 13.2 Å². The Hall–Kier alpha value is 1.12. The van der Waals surface area contributed by atoms with Gasteiger partial charge in [-0.15, -0.1) is 0 Å². The molecule has 0 aromatic carbocycles. The van der Waals surface area contributed by atoms with Crippen LogP contribution < -0.4 is 0 Å². The molecule has 0 bridgehead atoms. The summed E-state index contributed by atoms with van der Waals surface area (Å²) in [7, 11) is 4.21. The zero-order chi connectivity index (χ0) is 8.81. The zero-order valence-corrected chi connectivity index (χ0v) is 12.2. The Kier molecular flexibility index (Phi) is 6.12. The van der Waals surface area contributed by atoms with E-state index in [9.17, 15) is 0 Å². The van der Waals surface area contributed by atoms with Gasteiger partial charge in [0, 0.05) is 0 Å². The predicted molar refractivity (Wildman–Crippen MR) is 72.9 cm³/mol. The van der Waals surface area contributed by atoms with Gasteiger partial charge in [-0.2, -0.15) is 0 Å². The second-order valence-electron chi connectivity index (χ2n) is 2.92. The van der Waals surface area contributed by atoms with Crippen LogP contribution in [0.25, 0.3) is 0 Å². The molecule has 0 fully saturated rings. The van der Waals surface area contributed by atoms with Gasteiger partial charge in [-0.05, 0) is 0 Å². The molecule has 0 aliphatic carbocycles. The summed E-state index contributed by atoms with van der Waals surface area (Å²) in [4.78, 5) is 2.21. The Morgan fingerprint density at radius 1 is 1.50 bits per heavy atom. The Bertz CT molecular complexity index is 150. The third-order valence-electron chi connectivity index (χ3n) is 1.47. The Morgan fingerprint density at radius 3 is 2.92 bits per heavy atom. The van der Waals surface area contributed by atoms with Crippen molar-refractivity contribution < 1.29 is 4.74 Å². The van der Waals surface area contributed by atoms with E-state index >= 15 is 0 Å². The minimum atomic E-state index is 0.265. The van der Waals surface area contributed by atoms with E-state index in [1.54, 1.807) is 0 Å². The minimum absolute atomic E-state index is 0.265. The third-order valence-corrected chi connectivity index (χ3v) is 11.8. The van der Waals surface area contributed by atoms with Gasteiger partial charge >= 0.3 is 92.0 Å². The average Bonchev–Trinajstić information content (AvgIpc) is 2.49. The number of halogens is 2. The third kappa shape index (κ3) is 4.98. The fourth-order valence-corrected chi connectivity index (χ4v) is 10.6. The molecular weight excluding hydrogens is 380 g/mol. The Balaban J connectivity index is 1.91. The molecule has 1 rings (SSSR count). The fourth-order valence-electron chi connectivity index (χ4n) is 0.879.